The van der Waals surface area contributed by atoms with Crippen molar-refractivity contribution in [1.29, 1.82) is 0 Å². The van der Waals surface area contributed by atoms with E-state index in [0.29, 0.717) is 17.8 Å². The molecule has 1 fully saturated rings. The topological polar surface area (TPSA) is 67.4 Å². The van der Waals surface area contributed by atoms with Gasteiger partial charge < -0.3 is 15.4 Å². The first kappa shape index (κ1) is 16.5. The Morgan fingerprint density at radius 3 is 2.25 bits per heavy atom. The van der Waals surface area contributed by atoms with Gasteiger partial charge in [0.05, 0.1) is 24.6 Å². The third-order valence-electron chi connectivity index (χ3n) is 3.95. The molecule has 0 aliphatic heterocycles. The highest BCUT2D eigenvalue weighted by Gasteiger charge is 2.48. The predicted octanol–water partition coefficient (Wildman–Crippen LogP) is 3.67. The number of rotatable bonds is 5. The molecule has 0 aromatic heterocycles. The van der Waals surface area contributed by atoms with Crippen LogP contribution in [-0.4, -0.2) is 18.9 Å². The molecule has 0 heterocycles. The van der Waals surface area contributed by atoms with Crippen LogP contribution in [0.4, 0.5) is 11.4 Å². The van der Waals surface area contributed by atoms with E-state index >= 15 is 0 Å². The molecule has 2 amide bonds. The Labute approximate surface area is 148 Å². The van der Waals surface area contributed by atoms with Crippen LogP contribution in [0.15, 0.2) is 53.0 Å². The maximum Gasteiger partial charge on any atom is 0.228 e. The second kappa shape index (κ2) is 7.05. The van der Waals surface area contributed by atoms with Crippen LogP contribution in [0.25, 0.3) is 0 Å². The monoisotopic (exact) mass is 388 g/mol. The minimum atomic E-state index is -0.283. The molecule has 24 heavy (non-hydrogen) atoms. The van der Waals surface area contributed by atoms with E-state index in [-0.39, 0.29) is 23.7 Å². The van der Waals surface area contributed by atoms with Crippen LogP contribution < -0.4 is 15.4 Å². The minimum Gasteiger partial charge on any atom is -0.497 e. The Kier molecular flexibility index (Phi) is 4.85. The quantitative estimate of drug-likeness (QED) is 0.820. The maximum absolute atomic E-state index is 12.2. The minimum absolute atomic E-state index is 0.128. The zero-order valence-electron chi connectivity index (χ0n) is 13.1. The molecule has 2 unspecified atom stereocenters. The molecule has 0 bridgehead atoms. The van der Waals surface area contributed by atoms with Crippen LogP contribution in [0.5, 0.6) is 5.75 Å². The molecule has 1 saturated carbocycles. The number of carbonyl (C=O) groups excluding carboxylic acids is 2. The fourth-order valence-corrected chi connectivity index (χ4v) is 2.86. The van der Waals surface area contributed by atoms with Gasteiger partial charge in [-0.15, -0.1) is 0 Å². The molecule has 0 radical (unpaired) electrons. The summed E-state index contributed by atoms with van der Waals surface area (Å²) in [5.41, 5.74) is 1.40. The number of hydrogen-bond donors (Lipinski definition) is 2. The van der Waals surface area contributed by atoms with Crippen LogP contribution in [0.1, 0.15) is 6.42 Å². The van der Waals surface area contributed by atoms with Gasteiger partial charge in [0.2, 0.25) is 11.8 Å². The first-order chi connectivity index (χ1) is 11.6. The lowest BCUT2D eigenvalue weighted by Crippen LogP contribution is -2.20. The molecule has 1 aliphatic rings. The first-order valence-electron chi connectivity index (χ1n) is 7.59. The van der Waals surface area contributed by atoms with Crippen LogP contribution in [-0.2, 0) is 9.59 Å². The van der Waals surface area contributed by atoms with Crippen molar-refractivity contribution >= 4 is 39.1 Å². The van der Waals surface area contributed by atoms with E-state index in [9.17, 15) is 9.59 Å². The number of benzene rings is 2. The lowest BCUT2D eigenvalue weighted by molar-refractivity contribution is -0.122. The molecule has 124 valence electrons. The number of carbonyl (C=O) groups is 2. The zero-order valence-corrected chi connectivity index (χ0v) is 14.7. The summed E-state index contributed by atoms with van der Waals surface area (Å²) < 4.78 is 5.90. The van der Waals surface area contributed by atoms with E-state index in [1.165, 1.54) is 0 Å². The summed E-state index contributed by atoms with van der Waals surface area (Å²) in [6, 6.07) is 14.5. The van der Waals surface area contributed by atoms with Crippen molar-refractivity contribution in [2.75, 3.05) is 17.7 Å². The van der Waals surface area contributed by atoms with Crippen molar-refractivity contribution in [2.24, 2.45) is 11.8 Å². The summed E-state index contributed by atoms with van der Waals surface area (Å²) in [6.07, 6.45) is 0.568. The summed E-state index contributed by atoms with van der Waals surface area (Å²) in [5, 5.41) is 5.69. The largest absolute Gasteiger partial charge is 0.497 e. The lowest BCUT2D eigenvalue weighted by Gasteiger charge is -2.08. The van der Waals surface area contributed by atoms with Gasteiger partial charge in [-0.2, -0.15) is 0 Å². The zero-order chi connectivity index (χ0) is 17.1. The van der Waals surface area contributed by atoms with Crippen molar-refractivity contribution in [2.45, 2.75) is 6.42 Å². The van der Waals surface area contributed by atoms with Crippen molar-refractivity contribution < 1.29 is 14.3 Å². The molecule has 5 nitrogen and oxygen atoms in total. The number of anilines is 2. The molecular weight excluding hydrogens is 372 g/mol. The van der Waals surface area contributed by atoms with Gasteiger partial charge in [0.15, 0.2) is 0 Å². The Hall–Kier alpha value is -2.34. The van der Waals surface area contributed by atoms with Gasteiger partial charge in [-0.1, -0.05) is 12.1 Å². The van der Waals surface area contributed by atoms with Gasteiger partial charge in [0.1, 0.15) is 5.75 Å². The predicted molar refractivity (Wildman–Crippen MR) is 96.0 cm³/mol. The molecule has 0 saturated heterocycles. The van der Waals surface area contributed by atoms with Crippen molar-refractivity contribution in [3.8, 4) is 5.75 Å². The van der Waals surface area contributed by atoms with E-state index in [4.69, 9.17) is 4.74 Å². The third kappa shape index (κ3) is 3.76. The van der Waals surface area contributed by atoms with E-state index in [2.05, 4.69) is 26.6 Å². The van der Waals surface area contributed by atoms with Crippen LogP contribution >= 0.6 is 15.9 Å². The Morgan fingerprint density at radius 1 is 1.00 bits per heavy atom. The second-order valence-corrected chi connectivity index (χ2v) is 6.49. The molecule has 3 rings (SSSR count). The van der Waals surface area contributed by atoms with Crippen LogP contribution in [0, 0.1) is 11.8 Å². The van der Waals surface area contributed by atoms with Gasteiger partial charge >= 0.3 is 0 Å². The summed E-state index contributed by atoms with van der Waals surface area (Å²) in [7, 11) is 1.59. The fourth-order valence-electron chi connectivity index (χ4n) is 2.47. The highest BCUT2D eigenvalue weighted by atomic mass is 79.9. The molecular formula is C18H17BrN2O3. The molecule has 1 aliphatic carbocycles. The summed E-state index contributed by atoms with van der Waals surface area (Å²) >= 11 is 3.39. The summed E-state index contributed by atoms with van der Waals surface area (Å²) in [6.45, 7) is 0. The number of nitrogens with one attached hydrogen (secondary N) is 2. The third-order valence-corrected chi connectivity index (χ3v) is 4.64. The molecule has 2 aromatic rings. The van der Waals surface area contributed by atoms with Gasteiger partial charge in [-0.25, -0.2) is 0 Å². The molecule has 6 heteroatoms. The first-order valence-corrected chi connectivity index (χ1v) is 8.38. The highest BCUT2D eigenvalue weighted by molar-refractivity contribution is 9.10. The smallest absolute Gasteiger partial charge is 0.228 e. The molecule has 2 atom stereocenters. The van der Waals surface area contributed by atoms with Gasteiger partial charge in [-0.3, -0.25) is 9.59 Å². The average Bonchev–Trinajstić information content (AvgIpc) is 3.38. The standard InChI is InChI=1S/C18H17BrN2O3/c1-24-12-8-6-11(7-9-12)20-17(22)13-10-14(13)18(23)21-16-5-3-2-4-15(16)19/h2-9,13-14H,10H2,1H3,(H,20,22)(H,21,23). The normalized spacial score (nSPS) is 18.6. The van der Waals surface area contributed by atoms with Crippen molar-refractivity contribution in [3.63, 3.8) is 0 Å². The summed E-state index contributed by atoms with van der Waals surface area (Å²) in [5.74, 6) is -0.0979. The number of ether oxygens (including phenoxy) is 1. The maximum atomic E-state index is 12.2. The Morgan fingerprint density at radius 2 is 1.62 bits per heavy atom. The SMILES string of the molecule is COc1ccc(NC(=O)C2CC2C(=O)Nc2ccccc2Br)cc1. The van der Waals surface area contributed by atoms with Gasteiger partial charge in [0.25, 0.3) is 0 Å². The highest BCUT2D eigenvalue weighted by Crippen LogP contribution is 2.40. The van der Waals surface area contributed by atoms with Gasteiger partial charge in [0, 0.05) is 10.2 Å². The fraction of sp³-hybridized carbons (Fsp3) is 0.222. The van der Waals surface area contributed by atoms with Crippen LogP contribution in [0.3, 0.4) is 0 Å². The van der Waals surface area contributed by atoms with Crippen molar-refractivity contribution in [3.05, 3.63) is 53.0 Å². The van der Waals surface area contributed by atoms with Crippen molar-refractivity contribution in [1.82, 2.24) is 0 Å². The number of hydrogen-bond acceptors (Lipinski definition) is 3. The van der Waals surface area contributed by atoms with Gasteiger partial charge in [-0.05, 0) is 58.7 Å². The van der Waals surface area contributed by atoms with E-state index < -0.39 is 0 Å². The number of halogens is 1. The number of para-hydroxylation sites is 1. The van der Waals surface area contributed by atoms with E-state index in [1.807, 2.05) is 24.3 Å². The Balaban J connectivity index is 1.55. The summed E-state index contributed by atoms with van der Waals surface area (Å²) in [4.78, 5) is 24.5. The lowest BCUT2D eigenvalue weighted by atomic mass is 10.2. The number of methoxy groups -OCH3 is 1. The van der Waals surface area contributed by atoms with E-state index in [1.54, 1.807) is 31.4 Å². The average molecular weight is 389 g/mol. The second-order valence-electron chi connectivity index (χ2n) is 5.64. The van der Waals surface area contributed by atoms with E-state index in [0.717, 1.165) is 10.2 Å². The molecule has 2 N–H and O–H groups in total. The number of amides is 2. The molecule has 0 spiro atoms. The van der Waals surface area contributed by atoms with Crippen LogP contribution in [0.2, 0.25) is 0 Å². The Bertz CT molecular complexity index is 761. The molecule has 2 aromatic carbocycles.